The SMILES string of the molecule is CNc1cc(F)cc2c1[nH]c1nc(Cc3cnc(C)nc3)nc(N3CC4(CCC4N)C3)c12. The van der Waals surface area contributed by atoms with E-state index in [0.717, 1.165) is 59.4 Å². The summed E-state index contributed by atoms with van der Waals surface area (Å²) in [5.74, 6) is 1.94. The largest absolute Gasteiger partial charge is 0.386 e. The first kappa shape index (κ1) is 19.4. The van der Waals surface area contributed by atoms with Gasteiger partial charge in [-0.05, 0) is 37.5 Å². The Morgan fingerprint density at radius 3 is 2.69 bits per heavy atom. The number of anilines is 2. The number of nitrogens with one attached hydrogen (secondary N) is 2. The minimum Gasteiger partial charge on any atom is -0.386 e. The van der Waals surface area contributed by atoms with Crippen LogP contribution in [0.3, 0.4) is 0 Å². The Hall–Kier alpha value is -3.33. The first-order chi connectivity index (χ1) is 15.5. The van der Waals surface area contributed by atoms with Gasteiger partial charge in [-0.25, -0.2) is 24.3 Å². The molecule has 9 heteroatoms. The van der Waals surface area contributed by atoms with Gasteiger partial charge in [0, 0.05) is 55.8 Å². The molecule has 4 heterocycles. The van der Waals surface area contributed by atoms with E-state index in [-0.39, 0.29) is 17.3 Å². The van der Waals surface area contributed by atoms with Gasteiger partial charge >= 0.3 is 0 Å². The summed E-state index contributed by atoms with van der Waals surface area (Å²) in [6, 6.07) is 3.29. The van der Waals surface area contributed by atoms with Crippen LogP contribution in [-0.4, -0.2) is 51.1 Å². The Labute approximate surface area is 184 Å². The monoisotopic (exact) mass is 432 g/mol. The first-order valence-corrected chi connectivity index (χ1v) is 10.9. The summed E-state index contributed by atoms with van der Waals surface area (Å²) in [5.41, 5.74) is 9.66. The van der Waals surface area contributed by atoms with Gasteiger partial charge in [0.05, 0.1) is 16.6 Å². The van der Waals surface area contributed by atoms with Crippen molar-refractivity contribution in [1.29, 1.82) is 0 Å². The quantitative estimate of drug-likeness (QED) is 0.455. The van der Waals surface area contributed by atoms with Crippen molar-refractivity contribution in [3.63, 3.8) is 0 Å². The molecule has 4 aromatic rings. The second kappa shape index (κ2) is 6.83. The molecule has 8 nitrogen and oxygen atoms in total. The van der Waals surface area contributed by atoms with Gasteiger partial charge in [0.1, 0.15) is 28.9 Å². The molecule has 1 aliphatic carbocycles. The van der Waals surface area contributed by atoms with Gasteiger partial charge in [0.25, 0.3) is 0 Å². The molecule has 1 unspecified atom stereocenters. The molecule has 6 rings (SSSR count). The number of halogens is 1. The lowest BCUT2D eigenvalue weighted by molar-refractivity contribution is 0.0560. The Bertz CT molecular complexity index is 1340. The number of hydrogen-bond donors (Lipinski definition) is 3. The molecule has 1 saturated carbocycles. The first-order valence-electron chi connectivity index (χ1n) is 10.9. The van der Waals surface area contributed by atoms with E-state index in [9.17, 15) is 4.39 Å². The van der Waals surface area contributed by atoms with Crippen LogP contribution in [0.15, 0.2) is 24.5 Å². The van der Waals surface area contributed by atoms with Crippen LogP contribution < -0.4 is 16.0 Å². The lowest BCUT2D eigenvalue weighted by atomic mass is 9.60. The molecule has 2 fully saturated rings. The number of aromatic nitrogens is 5. The van der Waals surface area contributed by atoms with Crippen molar-refractivity contribution < 1.29 is 4.39 Å². The number of H-pyrrole nitrogens is 1. The van der Waals surface area contributed by atoms with E-state index in [2.05, 4.69) is 25.2 Å². The molecule has 1 saturated heterocycles. The second-order valence-corrected chi connectivity index (χ2v) is 9.12. The third-order valence-corrected chi connectivity index (χ3v) is 7.07. The summed E-state index contributed by atoms with van der Waals surface area (Å²) in [7, 11) is 1.78. The second-order valence-electron chi connectivity index (χ2n) is 9.12. The van der Waals surface area contributed by atoms with Gasteiger partial charge in [-0.3, -0.25) is 0 Å². The highest BCUT2D eigenvalue weighted by Gasteiger charge is 2.53. The van der Waals surface area contributed by atoms with Crippen molar-refractivity contribution in [1.82, 2.24) is 24.9 Å². The molecule has 1 spiro atoms. The summed E-state index contributed by atoms with van der Waals surface area (Å²) in [4.78, 5) is 24.0. The highest BCUT2D eigenvalue weighted by Crippen LogP contribution is 2.50. The van der Waals surface area contributed by atoms with Crippen LogP contribution in [0.4, 0.5) is 15.9 Å². The lowest BCUT2D eigenvalue weighted by Gasteiger charge is -2.60. The maximum absolute atomic E-state index is 14.4. The fourth-order valence-electron chi connectivity index (χ4n) is 5.06. The van der Waals surface area contributed by atoms with Crippen molar-refractivity contribution in [2.24, 2.45) is 11.1 Å². The number of benzene rings is 1. The summed E-state index contributed by atoms with van der Waals surface area (Å²) in [6.45, 7) is 3.60. The third kappa shape index (κ3) is 2.84. The average molecular weight is 433 g/mol. The number of fused-ring (bicyclic) bond motifs is 3. The van der Waals surface area contributed by atoms with Crippen molar-refractivity contribution in [3.8, 4) is 0 Å². The summed E-state index contributed by atoms with van der Waals surface area (Å²) in [5, 5.41) is 4.71. The molecule has 164 valence electrons. The van der Waals surface area contributed by atoms with Crippen molar-refractivity contribution in [3.05, 3.63) is 47.6 Å². The van der Waals surface area contributed by atoms with Gasteiger partial charge < -0.3 is 20.9 Å². The number of aryl methyl sites for hydroxylation is 1. The van der Waals surface area contributed by atoms with Gasteiger partial charge in [-0.1, -0.05) is 0 Å². The van der Waals surface area contributed by atoms with Crippen LogP contribution in [0.25, 0.3) is 21.9 Å². The van der Waals surface area contributed by atoms with Gasteiger partial charge in [-0.2, -0.15) is 0 Å². The molecule has 1 aromatic carbocycles. The minimum atomic E-state index is -0.296. The fourth-order valence-corrected chi connectivity index (χ4v) is 5.06. The van der Waals surface area contributed by atoms with E-state index in [1.807, 2.05) is 6.92 Å². The predicted molar refractivity (Wildman–Crippen MR) is 122 cm³/mol. The van der Waals surface area contributed by atoms with Crippen LogP contribution in [0, 0.1) is 18.2 Å². The van der Waals surface area contributed by atoms with Crippen LogP contribution in [0.2, 0.25) is 0 Å². The lowest BCUT2D eigenvalue weighted by Crippen LogP contribution is -2.69. The Morgan fingerprint density at radius 2 is 2.03 bits per heavy atom. The number of aromatic amines is 1. The average Bonchev–Trinajstić information content (AvgIpc) is 3.11. The Kier molecular flexibility index (Phi) is 4.13. The minimum absolute atomic E-state index is 0.190. The van der Waals surface area contributed by atoms with Crippen LogP contribution >= 0.6 is 0 Å². The summed E-state index contributed by atoms with van der Waals surface area (Å²) >= 11 is 0. The zero-order valence-corrected chi connectivity index (χ0v) is 18.1. The van der Waals surface area contributed by atoms with Gasteiger partial charge in [-0.15, -0.1) is 0 Å². The highest BCUT2D eigenvalue weighted by atomic mass is 19.1. The van der Waals surface area contributed by atoms with E-state index in [0.29, 0.717) is 23.6 Å². The van der Waals surface area contributed by atoms with Crippen LogP contribution in [0.1, 0.15) is 30.1 Å². The molecule has 4 N–H and O–H groups in total. The van der Waals surface area contributed by atoms with Crippen molar-refractivity contribution in [2.45, 2.75) is 32.2 Å². The highest BCUT2D eigenvalue weighted by molar-refractivity contribution is 6.14. The molecule has 1 atom stereocenters. The number of nitrogens with two attached hydrogens (primary N) is 1. The number of nitrogens with zero attached hydrogens (tertiary/aromatic N) is 5. The molecule has 32 heavy (non-hydrogen) atoms. The van der Waals surface area contributed by atoms with E-state index < -0.39 is 0 Å². The smallest absolute Gasteiger partial charge is 0.144 e. The maximum atomic E-state index is 14.4. The Morgan fingerprint density at radius 1 is 1.25 bits per heavy atom. The van der Waals surface area contributed by atoms with E-state index in [1.54, 1.807) is 25.5 Å². The van der Waals surface area contributed by atoms with Gasteiger partial charge in [0.2, 0.25) is 0 Å². The molecule has 3 aromatic heterocycles. The van der Waals surface area contributed by atoms with E-state index in [4.69, 9.17) is 15.7 Å². The molecule has 0 amide bonds. The van der Waals surface area contributed by atoms with Crippen LogP contribution in [-0.2, 0) is 6.42 Å². The van der Waals surface area contributed by atoms with Crippen molar-refractivity contribution in [2.75, 3.05) is 30.4 Å². The normalized spacial score (nSPS) is 19.4. The number of rotatable bonds is 4. The third-order valence-electron chi connectivity index (χ3n) is 7.07. The summed E-state index contributed by atoms with van der Waals surface area (Å²) in [6.07, 6.45) is 6.36. The van der Waals surface area contributed by atoms with Gasteiger partial charge in [0.15, 0.2) is 0 Å². The van der Waals surface area contributed by atoms with E-state index >= 15 is 0 Å². The summed E-state index contributed by atoms with van der Waals surface area (Å²) < 4.78 is 14.4. The topological polar surface area (TPSA) is 109 Å². The molecule has 1 aliphatic heterocycles. The molecular formula is C23H25FN8. The standard InChI is InChI=1S/C23H25FN8/c1-12-27-8-13(9-28-12)5-18-29-21-19(15-6-14(24)7-16(26-2)20(15)31-21)22(30-18)32-10-23(11-32)4-3-17(23)25/h6-9,17,26H,3-5,10-11,25H2,1-2H3,(H,29,30,31). The molecular weight excluding hydrogens is 407 g/mol. The number of hydrogen-bond acceptors (Lipinski definition) is 7. The predicted octanol–water partition coefficient (Wildman–Crippen LogP) is 2.91. The Balaban J connectivity index is 1.50. The maximum Gasteiger partial charge on any atom is 0.144 e. The molecule has 2 aliphatic rings. The molecule has 0 radical (unpaired) electrons. The zero-order chi connectivity index (χ0) is 22.0. The molecule has 0 bridgehead atoms. The van der Waals surface area contributed by atoms with E-state index in [1.165, 1.54) is 6.07 Å². The zero-order valence-electron chi connectivity index (χ0n) is 18.1. The van der Waals surface area contributed by atoms with Crippen molar-refractivity contribution >= 4 is 33.4 Å². The fraction of sp³-hybridized carbons (Fsp3) is 0.391. The van der Waals surface area contributed by atoms with Crippen LogP contribution in [0.5, 0.6) is 0 Å².